The van der Waals surface area contributed by atoms with Gasteiger partial charge in [-0.1, -0.05) is 6.07 Å². The van der Waals surface area contributed by atoms with Crippen LogP contribution in [-0.2, 0) is 24.4 Å². The van der Waals surface area contributed by atoms with Gasteiger partial charge in [0.25, 0.3) is 0 Å². The third-order valence-corrected chi connectivity index (χ3v) is 4.78. The van der Waals surface area contributed by atoms with E-state index in [2.05, 4.69) is 10.00 Å². The number of amides is 1. The number of benzene rings is 1. The van der Waals surface area contributed by atoms with Gasteiger partial charge < -0.3 is 14.7 Å². The SMILES string of the molecule is COc1cccc(F)c1CN1CCn2nc([C@@H](O)CC(=O)N(C)C)cc2C1. The van der Waals surface area contributed by atoms with E-state index in [9.17, 15) is 14.3 Å². The topological polar surface area (TPSA) is 70.8 Å². The van der Waals surface area contributed by atoms with E-state index >= 15 is 0 Å². The van der Waals surface area contributed by atoms with Crippen molar-refractivity contribution in [2.24, 2.45) is 0 Å². The van der Waals surface area contributed by atoms with E-state index in [1.807, 2.05) is 10.7 Å². The van der Waals surface area contributed by atoms with E-state index < -0.39 is 6.10 Å². The van der Waals surface area contributed by atoms with Crippen molar-refractivity contribution in [3.8, 4) is 5.75 Å². The number of carbonyl (C=O) groups excluding carboxylic acids is 1. The molecule has 1 aliphatic rings. The Morgan fingerprint density at radius 3 is 2.89 bits per heavy atom. The van der Waals surface area contributed by atoms with Crippen LogP contribution in [0.1, 0.15) is 29.5 Å². The number of aliphatic hydroxyl groups is 1. The van der Waals surface area contributed by atoms with Gasteiger partial charge in [-0.25, -0.2) is 4.39 Å². The number of hydrogen-bond acceptors (Lipinski definition) is 5. The minimum absolute atomic E-state index is 0.000404. The summed E-state index contributed by atoms with van der Waals surface area (Å²) in [6.45, 7) is 2.36. The fourth-order valence-corrected chi connectivity index (χ4v) is 3.20. The molecular weight excluding hydrogens is 351 g/mol. The number of hydrogen-bond donors (Lipinski definition) is 1. The summed E-state index contributed by atoms with van der Waals surface area (Å²) in [7, 11) is 4.84. The minimum Gasteiger partial charge on any atom is -0.496 e. The van der Waals surface area contributed by atoms with Crippen LogP contribution >= 0.6 is 0 Å². The lowest BCUT2D eigenvalue weighted by atomic mass is 10.1. The molecule has 1 aromatic carbocycles. The molecule has 1 amide bonds. The van der Waals surface area contributed by atoms with Crippen LogP contribution in [0.2, 0.25) is 0 Å². The number of aromatic nitrogens is 2. The molecular formula is C19H25FN4O3. The van der Waals surface area contributed by atoms with Crippen LogP contribution in [0.25, 0.3) is 0 Å². The molecule has 0 radical (unpaired) electrons. The molecule has 2 aromatic rings. The van der Waals surface area contributed by atoms with Crippen LogP contribution in [-0.4, -0.2) is 58.3 Å². The summed E-state index contributed by atoms with van der Waals surface area (Å²) in [5.74, 6) is 0.0980. The number of rotatable bonds is 6. The molecule has 2 heterocycles. The van der Waals surface area contributed by atoms with Gasteiger partial charge in [-0.2, -0.15) is 5.10 Å². The minimum atomic E-state index is -0.932. The molecule has 1 N–H and O–H groups in total. The largest absolute Gasteiger partial charge is 0.496 e. The first-order chi connectivity index (χ1) is 12.9. The average Bonchev–Trinajstić information content (AvgIpc) is 3.06. The third kappa shape index (κ3) is 4.28. The highest BCUT2D eigenvalue weighted by Gasteiger charge is 2.24. The number of methoxy groups -OCH3 is 1. The Hall–Kier alpha value is -2.45. The molecule has 1 atom stereocenters. The van der Waals surface area contributed by atoms with E-state index in [1.54, 1.807) is 26.2 Å². The molecule has 3 rings (SSSR count). The summed E-state index contributed by atoms with van der Waals surface area (Å²) in [5, 5.41) is 14.7. The molecule has 0 unspecified atom stereocenters. The van der Waals surface area contributed by atoms with Crippen LogP contribution < -0.4 is 4.74 Å². The zero-order chi connectivity index (χ0) is 19.6. The highest BCUT2D eigenvalue weighted by atomic mass is 19.1. The lowest BCUT2D eigenvalue weighted by Gasteiger charge is -2.28. The van der Waals surface area contributed by atoms with Gasteiger partial charge in [0.2, 0.25) is 5.91 Å². The molecule has 1 aliphatic heterocycles. The second kappa shape index (κ2) is 8.06. The Kier molecular flexibility index (Phi) is 5.76. The Morgan fingerprint density at radius 2 is 2.19 bits per heavy atom. The maximum atomic E-state index is 14.2. The summed E-state index contributed by atoms with van der Waals surface area (Å²) >= 11 is 0. The molecule has 0 aliphatic carbocycles. The van der Waals surface area contributed by atoms with E-state index in [0.29, 0.717) is 43.2 Å². The van der Waals surface area contributed by atoms with Crippen molar-refractivity contribution in [2.45, 2.75) is 32.2 Å². The normalized spacial score (nSPS) is 15.3. The van der Waals surface area contributed by atoms with Crippen LogP contribution in [0.5, 0.6) is 5.75 Å². The predicted molar refractivity (Wildman–Crippen MR) is 97.6 cm³/mol. The standard InChI is InChI=1S/C19H25FN4O3/c1-22(2)19(26)10-17(25)16-9-13-11-23(7-8-24(13)21-16)12-14-15(20)5-4-6-18(14)27-3/h4-6,9,17,25H,7-8,10-12H2,1-3H3/t17-/m0/s1. The third-order valence-electron chi connectivity index (χ3n) is 4.78. The Morgan fingerprint density at radius 1 is 1.41 bits per heavy atom. The maximum absolute atomic E-state index is 14.2. The summed E-state index contributed by atoms with van der Waals surface area (Å²) < 4.78 is 21.3. The van der Waals surface area contributed by atoms with E-state index in [1.165, 1.54) is 18.1 Å². The van der Waals surface area contributed by atoms with E-state index in [4.69, 9.17) is 4.74 Å². The first-order valence-corrected chi connectivity index (χ1v) is 8.87. The van der Waals surface area contributed by atoms with Crippen molar-refractivity contribution in [3.05, 3.63) is 47.0 Å². The lowest BCUT2D eigenvalue weighted by Crippen LogP contribution is -2.33. The maximum Gasteiger partial charge on any atom is 0.225 e. The van der Waals surface area contributed by atoms with Gasteiger partial charge in [-0.3, -0.25) is 14.4 Å². The number of aliphatic hydroxyl groups excluding tert-OH is 1. The quantitative estimate of drug-likeness (QED) is 0.829. The van der Waals surface area contributed by atoms with Gasteiger partial charge in [0, 0.05) is 39.3 Å². The Bertz CT molecular complexity index is 821. The molecule has 8 heteroatoms. The van der Waals surface area contributed by atoms with Gasteiger partial charge in [-0.05, 0) is 18.2 Å². The lowest BCUT2D eigenvalue weighted by molar-refractivity contribution is -0.130. The molecule has 0 fully saturated rings. The van der Waals surface area contributed by atoms with Crippen molar-refractivity contribution in [1.82, 2.24) is 19.6 Å². The Balaban J connectivity index is 1.70. The van der Waals surface area contributed by atoms with Crippen LogP contribution in [0.15, 0.2) is 24.3 Å². The fraction of sp³-hybridized carbons (Fsp3) is 0.474. The van der Waals surface area contributed by atoms with Crippen LogP contribution in [0.3, 0.4) is 0 Å². The molecule has 0 bridgehead atoms. The van der Waals surface area contributed by atoms with Gasteiger partial charge in [0.05, 0.1) is 31.5 Å². The summed E-state index contributed by atoms with van der Waals surface area (Å²) in [4.78, 5) is 15.4. The molecule has 1 aromatic heterocycles. The summed E-state index contributed by atoms with van der Waals surface area (Å²) in [6.07, 6.45) is -0.933. The van der Waals surface area contributed by atoms with Crippen molar-refractivity contribution >= 4 is 5.91 Å². The molecule has 7 nitrogen and oxygen atoms in total. The molecule has 0 spiro atoms. The summed E-state index contributed by atoms with van der Waals surface area (Å²) in [6, 6.07) is 6.63. The predicted octanol–water partition coefficient (Wildman–Crippen LogP) is 1.56. The average molecular weight is 376 g/mol. The van der Waals surface area contributed by atoms with E-state index in [0.717, 1.165) is 5.69 Å². The van der Waals surface area contributed by atoms with Gasteiger partial charge in [0.15, 0.2) is 0 Å². The number of halogens is 1. The van der Waals surface area contributed by atoms with E-state index in [-0.39, 0.29) is 18.1 Å². The van der Waals surface area contributed by atoms with Gasteiger partial charge >= 0.3 is 0 Å². The smallest absolute Gasteiger partial charge is 0.225 e. The highest BCUT2D eigenvalue weighted by molar-refractivity contribution is 5.76. The molecule has 27 heavy (non-hydrogen) atoms. The second-order valence-corrected chi connectivity index (χ2v) is 6.92. The summed E-state index contributed by atoms with van der Waals surface area (Å²) in [5.41, 5.74) is 1.96. The number of carbonyl (C=O) groups is 1. The van der Waals surface area contributed by atoms with Gasteiger partial charge in [0.1, 0.15) is 17.7 Å². The zero-order valence-corrected chi connectivity index (χ0v) is 15.9. The zero-order valence-electron chi connectivity index (χ0n) is 15.9. The first-order valence-electron chi connectivity index (χ1n) is 8.87. The second-order valence-electron chi connectivity index (χ2n) is 6.92. The first kappa shape index (κ1) is 19.3. The van der Waals surface area contributed by atoms with Crippen molar-refractivity contribution in [2.75, 3.05) is 27.7 Å². The number of ether oxygens (including phenoxy) is 1. The molecule has 0 saturated heterocycles. The van der Waals surface area contributed by atoms with Crippen molar-refractivity contribution < 1.29 is 19.0 Å². The van der Waals surface area contributed by atoms with Crippen LogP contribution in [0, 0.1) is 5.82 Å². The number of nitrogens with zero attached hydrogens (tertiary/aromatic N) is 4. The molecule has 146 valence electrons. The molecule has 0 saturated carbocycles. The van der Waals surface area contributed by atoms with Crippen LogP contribution in [0.4, 0.5) is 4.39 Å². The monoisotopic (exact) mass is 376 g/mol. The highest BCUT2D eigenvalue weighted by Crippen LogP contribution is 2.26. The van der Waals surface area contributed by atoms with Crippen molar-refractivity contribution in [1.29, 1.82) is 0 Å². The Labute approximate surface area is 157 Å². The van der Waals surface area contributed by atoms with Crippen molar-refractivity contribution in [3.63, 3.8) is 0 Å². The fourth-order valence-electron chi connectivity index (χ4n) is 3.20. The number of fused-ring (bicyclic) bond motifs is 1. The van der Waals surface area contributed by atoms with Gasteiger partial charge in [-0.15, -0.1) is 0 Å².